The molecule has 1 aliphatic heterocycles. The normalized spacial score (nSPS) is 22.5. The third-order valence-electron chi connectivity index (χ3n) is 4.33. The number of nitrogens with zero attached hydrogens (tertiary/aromatic N) is 1. The smallest absolute Gasteiger partial charge is 0.230 e. The summed E-state index contributed by atoms with van der Waals surface area (Å²) in [5, 5.41) is 0. The van der Waals surface area contributed by atoms with Crippen molar-refractivity contribution in [1.82, 2.24) is 4.90 Å². The van der Waals surface area contributed by atoms with Crippen molar-refractivity contribution in [2.24, 2.45) is 0 Å². The molecule has 1 unspecified atom stereocenters. The maximum absolute atomic E-state index is 12.6. The molecule has 19 heavy (non-hydrogen) atoms. The van der Waals surface area contributed by atoms with Gasteiger partial charge in [0.2, 0.25) is 5.91 Å². The SMILES string of the molecule is Cc1cccc2c1C(C(=O)N1CCCCC1)CC2=O. The minimum absolute atomic E-state index is 0.119. The molecule has 0 bridgehead atoms. The maximum Gasteiger partial charge on any atom is 0.230 e. The standard InChI is InChI=1S/C16H19NO2/c1-11-6-5-7-12-14(18)10-13(15(11)12)16(19)17-8-3-2-4-9-17/h5-7,13H,2-4,8-10H2,1H3. The van der Waals surface area contributed by atoms with E-state index in [0.717, 1.165) is 42.6 Å². The highest BCUT2D eigenvalue weighted by Crippen LogP contribution is 2.37. The highest BCUT2D eigenvalue weighted by molar-refractivity contribution is 6.07. The molecule has 3 nitrogen and oxygen atoms in total. The van der Waals surface area contributed by atoms with E-state index < -0.39 is 0 Å². The maximum atomic E-state index is 12.6. The molecule has 1 fully saturated rings. The molecule has 0 N–H and O–H groups in total. The number of aryl methyl sites for hydroxylation is 1. The zero-order chi connectivity index (χ0) is 13.4. The molecule has 3 rings (SSSR count). The van der Waals surface area contributed by atoms with Crippen molar-refractivity contribution in [1.29, 1.82) is 0 Å². The van der Waals surface area contributed by atoms with Crippen LogP contribution >= 0.6 is 0 Å². The van der Waals surface area contributed by atoms with Gasteiger partial charge >= 0.3 is 0 Å². The molecule has 2 aliphatic rings. The zero-order valence-corrected chi connectivity index (χ0v) is 11.3. The molecule has 3 heteroatoms. The van der Waals surface area contributed by atoms with Gasteiger partial charge in [0.05, 0.1) is 5.92 Å². The van der Waals surface area contributed by atoms with Gasteiger partial charge in [-0.2, -0.15) is 0 Å². The molecule has 0 spiro atoms. The molecule has 1 aliphatic carbocycles. The minimum atomic E-state index is -0.234. The van der Waals surface area contributed by atoms with Gasteiger partial charge in [-0.1, -0.05) is 18.2 Å². The lowest BCUT2D eigenvalue weighted by atomic mass is 9.94. The van der Waals surface area contributed by atoms with Gasteiger partial charge in [0.1, 0.15) is 0 Å². The molecule has 1 saturated heterocycles. The summed E-state index contributed by atoms with van der Waals surface area (Å²) in [5.74, 6) is 0.0389. The number of rotatable bonds is 1. The van der Waals surface area contributed by atoms with Crippen molar-refractivity contribution in [2.45, 2.75) is 38.5 Å². The van der Waals surface area contributed by atoms with Crippen LogP contribution in [0.3, 0.4) is 0 Å². The van der Waals surface area contributed by atoms with Gasteiger partial charge in [-0.15, -0.1) is 0 Å². The van der Waals surface area contributed by atoms with E-state index in [1.807, 2.05) is 30.0 Å². The quantitative estimate of drug-likeness (QED) is 0.775. The van der Waals surface area contributed by atoms with E-state index in [-0.39, 0.29) is 17.6 Å². The van der Waals surface area contributed by atoms with Gasteiger partial charge in [-0.05, 0) is 37.3 Å². The number of piperidine rings is 1. The van der Waals surface area contributed by atoms with Gasteiger partial charge in [0.15, 0.2) is 5.78 Å². The van der Waals surface area contributed by atoms with Crippen molar-refractivity contribution in [3.8, 4) is 0 Å². The van der Waals surface area contributed by atoms with Crippen molar-refractivity contribution in [3.63, 3.8) is 0 Å². The molecular formula is C16H19NO2. The number of carbonyl (C=O) groups excluding carboxylic acids is 2. The highest BCUT2D eigenvalue weighted by Gasteiger charge is 2.37. The fourth-order valence-corrected chi connectivity index (χ4v) is 3.33. The first-order valence-corrected chi connectivity index (χ1v) is 7.10. The van der Waals surface area contributed by atoms with Crippen LogP contribution in [0.25, 0.3) is 0 Å². The molecule has 1 atom stereocenters. The second-order valence-corrected chi connectivity index (χ2v) is 5.60. The lowest BCUT2D eigenvalue weighted by Gasteiger charge is -2.29. The van der Waals surface area contributed by atoms with E-state index in [0.29, 0.717) is 6.42 Å². The molecule has 1 heterocycles. The average Bonchev–Trinajstić information content (AvgIpc) is 2.78. The van der Waals surface area contributed by atoms with Crippen LogP contribution in [0, 0.1) is 6.92 Å². The van der Waals surface area contributed by atoms with Crippen molar-refractivity contribution in [3.05, 3.63) is 34.9 Å². The van der Waals surface area contributed by atoms with E-state index in [1.54, 1.807) is 0 Å². The molecule has 0 radical (unpaired) electrons. The molecule has 0 saturated carbocycles. The first-order valence-electron chi connectivity index (χ1n) is 7.10. The lowest BCUT2D eigenvalue weighted by Crippen LogP contribution is -2.38. The number of Topliss-reactive ketones (excluding diaryl/α,β-unsaturated/α-hetero) is 1. The van der Waals surface area contributed by atoms with Crippen LogP contribution in [0.4, 0.5) is 0 Å². The van der Waals surface area contributed by atoms with E-state index in [1.165, 1.54) is 6.42 Å². The minimum Gasteiger partial charge on any atom is -0.342 e. The van der Waals surface area contributed by atoms with Crippen molar-refractivity contribution >= 4 is 11.7 Å². The number of benzene rings is 1. The van der Waals surface area contributed by atoms with Gasteiger partial charge in [-0.25, -0.2) is 0 Å². The van der Waals surface area contributed by atoms with Gasteiger partial charge in [0.25, 0.3) is 0 Å². The second kappa shape index (κ2) is 4.80. The third-order valence-corrected chi connectivity index (χ3v) is 4.33. The summed E-state index contributed by atoms with van der Waals surface area (Å²) in [6.07, 6.45) is 3.75. The number of ketones is 1. The Balaban J connectivity index is 1.91. The number of likely N-dealkylation sites (tertiary alicyclic amines) is 1. The van der Waals surface area contributed by atoms with Crippen LogP contribution in [0.2, 0.25) is 0 Å². The topological polar surface area (TPSA) is 37.4 Å². The van der Waals surface area contributed by atoms with Crippen LogP contribution < -0.4 is 0 Å². The Hall–Kier alpha value is -1.64. The fraction of sp³-hybridized carbons (Fsp3) is 0.500. The Morgan fingerprint density at radius 3 is 2.68 bits per heavy atom. The zero-order valence-electron chi connectivity index (χ0n) is 11.3. The van der Waals surface area contributed by atoms with Crippen molar-refractivity contribution < 1.29 is 9.59 Å². The Kier molecular flexibility index (Phi) is 3.13. The summed E-state index contributed by atoms with van der Waals surface area (Å²) in [5.41, 5.74) is 2.80. The number of amides is 1. The summed E-state index contributed by atoms with van der Waals surface area (Å²) < 4.78 is 0. The average molecular weight is 257 g/mol. The monoisotopic (exact) mass is 257 g/mol. The van der Waals surface area contributed by atoms with E-state index in [2.05, 4.69) is 0 Å². The predicted molar refractivity (Wildman–Crippen MR) is 73.3 cm³/mol. The largest absolute Gasteiger partial charge is 0.342 e. The number of carbonyl (C=O) groups is 2. The summed E-state index contributed by atoms with van der Waals surface area (Å²) >= 11 is 0. The Bertz CT molecular complexity index is 530. The van der Waals surface area contributed by atoms with Crippen LogP contribution in [0.15, 0.2) is 18.2 Å². The molecule has 100 valence electrons. The highest BCUT2D eigenvalue weighted by atomic mass is 16.2. The van der Waals surface area contributed by atoms with Crippen molar-refractivity contribution in [2.75, 3.05) is 13.1 Å². The van der Waals surface area contributed by atoms with E-state index >= 15 is 0 Å². The van der Waals surface area contributed by atoms with Gasteiger partial charge in [0, 0.05) is 25.1 Å². The van der Waals surface area contributed by atoms with E-state index in [9.17, 15) is 9.59 Å². The molecule has 0 aromatic heterocycles. The van der Waals surface area contributed by atoms with E-state index in [4.69, 9.17) is 0 Å². The second-order valence-electron chi connectivity index (χ2n) is 5.60. The lowest BCUT2D eigenvalue weighted by molar-refractivity contribution is -0.133. The van der Waals surface area contributed by atoms with Gasteiger partial charge in [-0.3, -0.25) is 9.59 Å². The summed E-state index contributed by atoms with van der Waals surface area (Å²) in [4.78, 5) is 26.6. The Labute approximate surface area is 113 Å². The first kappa shape index (κ1) is 12.4. The predicted octanol–water partition coefficient (Wildman–Crippen LogP) is 2.68. The number of hydrogen-bond donors (Lipinski definition) is 0. The summed E-state index contributed by atoms with van der Waals surface area (Å²) in [6.45, 7) is 3.70. The molecule has 1 amide bonds. The van der Waals surface area contributed by atoms with Crippen LogP contribution in [0.1, 0.15) is 53.1 Å². The van der Waals surface area contributed by atoms with Gasteiger partial charge < -0.3 is 4.90 Å². The Morgan fingerprint density at radius 2 is 1.95 bits per heavy atom. The Morgan fingerprint density at radius 1 is 1.21 bits per heavy atom. The third kappa shape index (κ3) is 2.07. The van der Waals surface area contributed by atoms with Crippen LogP contribution in [-0.2, 0) is 4.79 Å². The number of fused-ring (bicyclic) bond motifs is 1. The summed E-state index contributed by atoms with van der Waals surface area (Å²) in [7, 11) is 0. The molecule has 1 aromatic rings. The summed E-state index contributed by atoms with van der Waals surface area (Å²) in [6, 6.07) is 5.75. The van der Waals surface area contributed by atoms with Crippen LogP contribution in [0.5, 0.6) is 0 Å². The van der Waals surface area contributed by atoms with Crippen LogP contribution in [-0.4, -0.2) is 29.7 Å². The molecular weight excluding hydrogens is 238 g/mol. The number of hydrogen-bond acceptors (Lipinski definition) is 2. The fourth-order valence-electron chi connectivity index (χ4n) is 3.33. The first-order chi connectivity index (χ1) is 9.18. The molecule has 1 aromatic carbocycles.